The van der Waals surface area contributed by atoms with Crippen LogP contribution >= 0.6 is 0 Å². The molecule has 1 aliphatic carbocycles. The van der Waals surface area contributed by atoms with Gasteiger partial charge in [-0.3, -0.25) is 9.78 Å². The van der Waals surface area contributed by atoms with Crippen molar-refractivity contribution in [2.75, 3.05) is 51.4 Å². The molecule has 8 aromatic rings. The molecule has 11 rings (SSSR count). The zero-order chi connectivity index (χ0) is 62.4. The van der Waals surface area contributed by atoms with Gasteiger partial charge in [0.1, 0.15) is 53.4 Å². The molecule has 2 saturated heterocycles. The number of hydrogen-bond donors (Lipinski definition) is 3. The number of phenols is 1. The van der Waals surface area contributed by atoms with E-state index < -0.39 is 23.5 Å². The first-order valence-corrected chi connectivity index (χ1v) is 31.1. The number of ether oxygens (including phenoxy) is 3. The van der Waals surface area contributed by atoms with E-state index in [4.69, 9.17) is 24.2 Å². The molecule has 1 saturated carbocycles. The van der Waals surface area contributed by atoms with E-state index in [0.29, 0.717) is 96.4 Å². The summed E-state index contributed by atoms with van der Waals surface area (Å²) in [5.41, 5.74) is 7.61. The number of pyridine rings is 1. The van der Waals surface area contributed by atoms with Crippen LogP contribution in [0.2, 0.25) is 0 Å². The number of halogens is 1. The Kier molecular flexibility index (Phi) is 21.3. The van der Waals surface area contributed by atoms with Gasteiger partial charge in [-0.1, -0.05) is 94.4 Å². The Morgan fingerprint density at radius 2 is 1.70 bits per heavy atom. The molecule has 0 bridgehead atoms. The smallest absolute Gasteiger partial charge is 0.410 e. The molecule has 4 aromatic carbocycles. The Bertz CT molecular complexity index is 3760. The van der Waals surface area contributed by atoms with Gasteiger partial charge in [-0.25, -0.2) is 18.4 Å². The molecule has 89 heavy (non-hydrogen) atoms. The van der Waals surface area contributed by atoms with Gasteiger partial charge in [-0.15, -0.1) is 5.10 Å². The van der Waals surface area contributed by atoms with Crippen LogP contribution in [0.4, 0.5) is 15.0 Å². The summed E-state index contributed by atoms with van der Waals surface area (Å²) >= 11 is 0. The minimum Gasteiger partial charge on any atom is -0.581 e. The molecule has 6 heterocycles. The summed E-state index contributed by atoms with van der Waals surface area (Å²) in [7, 11) is 1.60. The monoisotopic (exact) mass is 1300 g/mol. The number of methoxy groups -OCH3 is 1. The van der Waals surface area contributed by atoms with Gasteiger partial charge in [0.25, 0.3) is 5.91 Å². The second-order valence-electron chi connectivity index (χ2n) is 24.4. The van der Waals surface area contributed by atoms with Crippen molar-refractivity contribution in [1.29, 1.82) is 0 Å². The predicted molar refractivity (Wildman–Crippen MR) is 338 cm³/mol. The van der Waals surface area contributed by atoms with E-state index in [9.17, 15) is 19.8 Å². The second-order valence-corrected chi connectivity index (χ2v) is 24.4. The number of aliphatic hydroxyl groups is 1. The van der Waals surface area contributed by atoms with Gasteiger partial charge in [-0.05, 0) is 134 Å². The summed E-state index contributed by atoms with van der Waals surface area (Å²) in [4.78, 5) is 45.4. The average molecular weight is 1310 g/mol. The average Bonchev–Trinajstić information content (AvgIpc) is 1.75. The SMILES string of the molecule is CC.CCC1CN(c2nc(OC[C@H](C)OC)nc3c(O)c(-c4c(CCc5ccc(-c6cn(C(C=[N+]7CCCC7C(=O)NC(CO)c7ccc(-c8cccnc8)cc7)C(C)C)nn6)cc5)c(F)cc5n[n-]cc45)c(C4CC4)cc23)CCN1C(=O)OC(C)(C)C.[Pd]. The fraction of sp³-hybridized carbons (Fsp3) is 0.456. The number of benzene rings is 4. The molecule has 0 radical (unpaired) electrons. The molecule has 0 spiro atoms. The predicted octanol–water partition coefficient (Wildman–Crippen LogP) is 11.2. The first-order valence-electron chi connectivity index (χ1n) is 31.1. The van der Waals surface area contributed by atoms with E-state index in [-0.39, 0.29) is 92.9 Å². The number of aromatic nitrogens is 8. The topological polar surface area (TPSA) is 220 Å². The number of hydrogen-bond acceptors (Lipinski definition) is 14. The zero-order valence-electron chi connectivity index (χ0n) is 52.6. The molecule has 3 N–H and O–H groups in total. The second kappa shape index (κ2) is 28.9. The van der Waals surface area contributed by atoms with Crippen LogP contribution in [-0.4, -0.2) is 143 Å². The van der Waals surface area contributed by atoms with Crippen LogP contribution in [0.3, 0.4) is 0 Å². The van der Waals surface area contributed by atoms with Crippen LogP contribution in [0.1, 0.15) is 135 Å². The van der Waals surface area contributed by atoms with Crippen molar-refractivity contribution in [1.82, 2.24) is 50.4 Å². The number of piperazine rings is 1. The Labute approximate surface area is 534 Å². The van der Waals surface area contributed by atoms with Gasteiger partial charge in [0.05, 0.1) is 36.5 Å². The van der Waals surface area contributed by atoms with Crippen LogP contribution in [-0.2, 0) is 47.5 Å². The van der Waals surface area contributed by atoms with Crippen LogP contribution in [0.25, 0.3) is 55.3 Å². The Hall–Kier alpha value is -7.70. The van der Waals surface area contributed by atoms with Gasteiger partial charge in [0, 0.05) is 88.9 Å². The van der Waals surface area contributed by atoms with Crippen molar-refractivity contribution in [3.05, 3.63) is 126 Å². The Balaban J connectivity index is 0.00000311. The maximum atomic E-state index is 17.0. The summed E-state index contributed by atoms with van der Waals surface area (Å²) < 4.78 is 38.4. The number of phenolic OH excluding ortho intramolecular Hbond substituents is 1. The number of aryl methyl sites for hydroxylation is 1. The molecule has 3 fully saturated rings. The summed E-state index contributed by atoms with van der Waals surface area (Å²) in [5.74, 6) is 0.0627. The van der Waals surface area contributed by atoms with Crippen molar-refractivity contribution < 1.29 is 63.4 Å². The van der Waals surface area contributed by atoms with Crippen molar-refractivity contribution in [2.24, 2.45) is 5.92 Å². The van der Waals surface area contributed by atoms with Crippen LogP contribution in [0.5, 0.6) is 11.8 Å². The Morgan fingerprint density at radius 3 is 2.37 bits per heavy atom. The van der Waals surface area contributed by atoms with Crippen molar-refractivity contribution in [3.63, 3.8) is 0 Å². The number of amides is 2. The van der Waals surface area contributed by atoms with E-state index >= 15 is 4.39 Å². The minimum atomic E-state index is -0.650. The number of aliphatic hydroxyl groups excluding tert-OH is 1. The van der Waals surface area contributed by atoms with Crippen LogP contribution in [0, 0.1) is 11.7 Å². The molecule has 2 aliphatic heterocycles. The number of rotatable bonds is 20. The molecule has 474 valence electrons. The fourth-order valence-electron chi connectivity index (χ4n) is 11.9. The number of anilines is 1. The minimum absolute atomic E-state index is 0. The van der Waals surface area contributed by atoms with Gasteiger partial charge in [-0.2, -0.15) is 16.2 Å². The molecule has 3 aliphatic rings. The summed E-state index contributed by atoms with van der Waals surface area (Å²) in [5, 5.41) is 45.5. The molecule has 19 nitrogen and oxygen atoms in total. The third-order valence-electron chi connectivity index (χ3n) is 16.9. The molecule has 2 amide bonds. The maximum absolute atomic E-state index is 17.0. The molecular formula is C68H83FN12O7Pd. The van der Waals surface area contributed by atoms with E-state index in [1.165, 1.54) is 6.07 Å². The Morgan fingerprint density at radius 1 is 0.944 bits per heavy atom. The fourth-order valence-corrected chi connectivity index (χ4v) is 11.9. The van der Waals surface area contributed by atoms with Crippen molar-refractivity contribution >= 4 is 45.8 Å². The number of carbonyl (C=O) groups excluding carboxylic acids is 2. The third kappa shape index (κ3) is 14.8. The molecular weight excluding hydrogens is 1220 g/mol. The van der Waals surface area contributed by atoms with Crippen molar-refractivity contribution in [2.45, 2.75) is 149 Å². The van der Waals surface area contributed by atoms with E-state index in [2.05, 4.69) is 66.4 Å². The number of fused-ring (bicyclic) bond motifs is 2. The summed E-state index contributed by atoms with van der Waals surface area (Å²) in [6, 6.07) is 21.9. The summed E-state index contributed by atoms with van der Waals surface area (Å²) in [6.45, 7) is 19.7. The maximum Gasteiger partial charge on any atom is 0.410 e. The number of nitrogens with one attached hydrogen (secondary N) is 1. The molecule has 4 aromatic heterocycles. The molecule has 4 unspecified atom stereocenters. The normalized spacial score (nSPS) is 17.5. The van der Waals surface area contributed by atoms with E-state index in [1.54, 1.807) is 30.6 Å². The standard InChI is InChI=1S/C66H77FN12O7.C2H6.Pd/c1-9-47-34-77(28-29-78(47)65(83)86-66(5,6)7)62-50-30-49(43-21-22-43)59(61(81)60(50)71-64(72-62)85-38-40(4)84-8)58-48(52(67)31-53-51(58)33-69-73-53)25-16-41-14-17-44(18-15-41)54-35-79(75-74-54)57(39(2)3)36-76-27-11-13-56(76)63(82)70-55(37-80)45-23-19-42(20-24-45)46-12-10-26-68-32-46;1-2;/h10,12,14-15,17-20,23-24,26,30-33,35-36,39-40,43,47,55-57,80H,9,11,13,16,21-22,25,27-29,34,37-38H2,1-8H3,(H2-,69,70,71,72,73,74,75,81,82);1-2H3;/t40-,47?,55?,56?,57?;;/m0../s1. The van der Waals surface area contributed by atoms with Gasteiger partial charge in [0.15, 0.2) is 6.21 Å². The quantitative estimate of drug-likeness (QED) is 0.0477. The van der Waals surface area contributed by atoms with Crippen molar-refractivity contribution in [3.8, 4) is 45.3 Å². The van der Waals surface area contributed by atoms with E-state index in [0.717, 1.165) is 52.6 Å². The van der Waals surface area contributed by atoms with E-state index in [1.807, 2.05) is 120 Å². The zero-order valence-corrected chi connectivity index (χ0v) is 54.2. The molecule has 5 atom stereocenters. The van der Waals surface area contributed by atoms with Crippen LogP contribution < -0.4 is 20.1 Å². The van der Waals surface area contributed by atoms with Gasteiger partial charge in [0.2, 0.25) is 6.04 Å². The first kappa shape index (κ1) is 65.7. The largest absolute Gasteiger partial charge is 0.581 e. The summed E-state index contributed by atoms with van der Waals surface area (Å²) in [6.07, 6.45) is 13.3. The molecule has 21 heteroatoms. The third-order valence-corrected chi connectivity index (χ3v) is 16.9. The number of nitrogens with zero attached hydrogens (tertiary/aromatic N) is 11. The first-order chi connectivity index (χ1) is 42.5. The van der Waals surface area contributed by atoms with Crippen LogP contribution in [0.15, 0.2) is 97.6 Å². The van der Waals surface area contributed by atoms with Gasteiger partial charge < -0.3 is 49.7 Å². The number of carbonyl (C=O) groups is 2. The van der Waals surface area contributed by atoms with Gasteiger partial charge >= 0.3 is 12.1 Å². The number of aromatic hydroxyl groups is 1.